The molecule has 0 bridgehead atoms. The minimum Gasteiger partial charge on any atom is -0.325 e. The fourth-order valence-electron chi connectivity index (χ4n) is 2.63. The van der Waals surface area contributed by atoms with Gasteiger partial charge in [-0.05, 0) is 60.7 Å². The Morgan fingerprint density at radius 1 is 1.07 bits per heavy atom. The number of carbonyl (C=O) groups is 2. The molecular weight excluding hydrogens is 424 g/mol. The van der Waals surface area contributed by atoms with E-state index >= 15 is 0 Å². The number of hydrogen-bond donors (Lipinski definition) is 2. The Labute approximate surface area is 183 Å². The number of nitrogens with one attached hydrogen (secondary N) is 2. The molecular formula is C22H21ClN2O2S2. The Kier molecular flexibility index (Phi) is 7.36. The molecule has 4 nitrogen and oxygen atoms in total. The predicted molar refractivity (Wildman–Crippen MR) is 123 cm³/mol. The average molecular weight is 445 g/mol. The summed E-state index contributed by atoms with van der Waals surface area (Å²) in [6, 6.07) is 16.6. The van der Waals surface area contributed by atoms with Gasteiger partial charge in [0.05, 0.1) is 10.1 Å². The largest absolute Gasteiger partial charge is 0.325 e. The summed E-state index contributed by atoms with van der Waals surface area (Å²) in [5.74, 6) is -0.214. The fraction of sp³-hybridized carbons (Fsp3) is 0.182. The van der Waals surface area contributed by atoms with Crippen molar-refractivity contribution in [3.8, 4) is 0 Å². The lowest BCUT2D eigenvalue weighted by Gasteiger charge is -2.16. The topological polar surface area (TPSA) is 58.2 Å². The lowest BCUT2D eigenvalue weighted by molar-refractivity contribution is -0.115. The third kappa shape index (κ3) is 5.85. The maximum absolute atomic E-state index is 12.7. The van der Waals surface area contributed by atoms with Gasteiger partial charge in [0, 0.05) is 21.3 Å². The smallest absolute Gasteiger partial charge is 0.265 e. The molecule has 2 N–H and O–H groups in total. The number of thiophene rings is 1. The molecule has 0 aliphatic rings. The molecule has 3 aromatic rings. The molecule has 2 amide bonds. The van der Waals surface area contributed by atoms with Crippen LogP contribution in [-0.4, -0.2) is 17.1 Å². The van der Waals surface area contributed by atoms with Gasteiger partial charge in [-0.2, -0.15) is 0 Å². The lowest BCUT2D eigenvalue weighted by Crippen LogP contribution is -2.24. The van der Waals surface area contributed by atoms with Crippen LogP contribution in [0.1, 0.15) is 28.6 Å². The first-order valence-electron chi connectivity index (χ1n) is 9.15. The van der Waals surface area contributed by atoms with E-state index in [-0.39, 0.29) is 17.1 Å². The molecule has 0 fully saturated rings. The third-order valence-electron chi connectivity index (χ3n) is 4.22. The van der Waals surface area contributed by atoms with E-state index in [0.717, 1.165) is 10.5 Å². The standard InChI is InChI=1S/C22H21ClN2O2S2/c1-3-19(21(26)25-16-10-9-14(2)18(23)13-16)29-17-7-4-6-15(12-17)24-22(27)20-8-5-11-28-20/h4-13,19H,3H2,1-2H3,(H,24,27)(H,25,26). The number of halogens is 1. The van der Waals surface area contributed by atoms with Gasteiger partial charge in [0.2, 0.25) is 5.91 Å². The minimum absolute atomic E-state index is 0.0783. The van der Waals surface area contributed by atoms with E-state index in [1.54, 1.807) is 12.1 Å². The molecule has 0 saturated carbocycles. The highest BCUT2D eigenvalue weighted by molar-refractivity contribution is 8.00. The van der Waals surface area contributed by atoms with Crippen LogP contribution < -0.4 is 10.6 Å². The van der Waals surface area contributed by atoms with Gasteiger partial charge in [0.1, 0.15) is 0 Å². The van der Waals surface area contributed by atoms with Crippen molar-refractivity contribution in [2.75, 3.05) is 10.6 Å². The summed E-state index contributed by atoms with van der Waals surface area (Å²) in [4.78, 5) is 26.5. The van der Waals surface area contributed by atoms with Gasteiger partial charge in [-0.1, -0.05) is 36.7 Å². The highest BCUT2D eigenvalue weighted by Gasteiger charge is 2.19. The number of anilines is 2. The average Bonchev–Trinajstić information content (AvgIpc) is 3.24. The molecule has 29 heavy (non-hydrogen) atoms. The van der Waals surface area contributed by atoms with Crippen LogP contribution in [0.3, 0.4) is 0 Å². The van der Waals surface area contributed by atoms with Gasteiger partial charge < -0.3 is 10.6 Å². The normalized spacial score (nSPS) is 11.7. The van der Waals surface area contributed by atoms with Gasteiger partial charge in [-0.25, -0.2) is 0 Å². The van der Waals surface area contributed by atoms with E-state index in [1.807, 2.05) is 61.7 Å². The van der Waals surface area contributed by atoms with Crippen molar-refractivity contribution < 1.29 is 9.59 Å². The van der Waals surface area contributed by atoms with Gasteiger partial charge in [-0.15, -0.1) is 23.1 Å². The zero-order chi connectivity index (χ0) is 20.8. The SMILES string of the molecule is CCC(Sc1cccc(NC(=O)c2cccs2)c1)C(=O)Nc1ccc(C)c(Cl)c1. The Hall–Kier alpha value is -2.28. The van der Waals surface area contributed by atoms with Crippen LogP contribution in [-0.2, 0) is 4.79 Å². The first-order valence-corrected chi connectivity index (χ1v) is 11.3. The number of hydrogen-bond acceptors (Lipinski definition) is 4. The van der Waals surface area contributed by atoms with E-state index in [2.05, 4.69) is 10.6 Å². The number of benzene rings is 2. The number of rotatable bonds is 7. The fourth-order valence-corrected chi connectivity index (χ4v) is 4.44. The summed E-state index contributed by atoms with van der Waals surface area (Å²) in [5.41, 5.74) is 2.35. The van der Waals surface area contributed by atoms with Crippen molar-refractivity contribution in [3.63, 3.8) is 0 Å². The summed E-state index contributed by atoms with van der Waals surface area (Å²) in [7, 11) is 0. The van der Waals surface area contributed by atoms with Gasteiger partial charge in [0.15, 0.2) is 0 Å². The molecule has 0 spiro atoms. The summed E-state index contributed by atoms with van der Waals surface area (Å²) in [6.45, 7) is 3.89. The molecule has 1 heterocycles. The molecule has 0 radical (unpaired) electrons. The highest BCUT2D eigenvalue weighted by atomic mass is 35.5. The second kappa shape index (κ2) is 9.96. The van der Waals surface area contributed by atoms with Gasteiger partial charge >= 0.3 is 0 Å². The molecule has 1 aromatic heterocycles. The van der Waals surface area contributed by atoms with Crippen molar-refractivity contribution in [1.29, 1.82) is 0 Å². The Bertz CT molecular complexity index is 1010. The number of aryl methyl sites for hydroxylation is 1. The van der Waals surface area contributed by atoms with E-state index in [9.17, 15) is 9.59 Å². The quantitative estimate of drug-likeness (QED) is 0.410. The number of amides is 2. The van der Waals surface area contributed by atoms with E-state index in [0.29, 0.717) is 27.7 Å². The summed E-state index contributed by atoms with van der Waals surface area (Å²) < 4.78 is 0. The maximum atomic E-state index is 12.7. The second-order valence-electron chi connectivity index (χ2n) is 6.43. The Morgan fingerprint density at radius 2 is 1.86 bits per heavy atom. The van der Waals surface area contributed by atoms with Crippen LogP contribution in [0.25, 0.3) is 0 Å². The van der Waals surface area contributed by atoms with E-state index in [4.69, 9.17) is 11.6 Å². The van der Waals surface area contributed by atoms with Crippen molar-refractivity contribution >= 4 is 57.9 Å². The van der Waals surface area contributed by atoms with E-state index < -0.39 is 0 Å². The third-order valence-corrected chi connectivity index (χ3v) is 6.85. The van der Waals surface area contributed by atoms with Crippen LogP contribution in [0.2, 0.25) is 5.02 Å². The molecule has 0 aliphatic heterocycles. The second-order valence-corrected chi connectivity index (χ2v) is 9.06. The first-order chi connectivity index (χ1) is 14.0. The lowest BCUT2D eigenvalue weighted by atomic mass is 10.2. The predicted octanol–water partition coefficient (Wildman–Crippen LogP) is 6.47. The Balaban J connectivity index is 1.66. The molecule has 2 aromatic carbocycles. The van der Waals surface area contributed by atoms with Crippen LogP contribution >= 0.6 is 34.7 Å². The van der Waals surface area contributed by atoms with Crippen LogP contribution in [0.5, 0.6) is 0 Å². The van der Waals surface area contributed by atoms with Gasteiger partial charge in [-0.3, -0.25) is 9.59 Å². The first kappa shape index (κ1) is 21.4. The molecule has 3 rings (SSSR count). The monoisotopic (exact) mass is 444 g/mol. The van der Waals surface area contributed by atoms with Crippen LogP contribution in [0, 0.1) is 6.92 Å². The van der Waals surface area contributed by atoms with Crippen molar-refractivity contribution in [1.82, 2.24) is 0 Å². The summed E-state index contributed by atoms with van der Waals surface area (Å²) in [5, 5.41) is 8.06. The summed E-state index contributed by atoms with van der Waals surface area (Å²) >= 11 is 9.01. The van der Waals surface area contributed by atoms with Crippen molar-refractivity contribution in [2.24, 2.45) is 0 Å². The van der Waals surface area contributed by atoms with Gasteiger partial charge in [0.25, 0.3) is 5.91 Å². The van der Waals surface area contributed by atoms with E-state index in [1.165, 1.54) is 23.1 Å². The molecule has 1 unspecified atom stereocenters. The molecule has 0 aliphatic carbocycles. The van der Waals surface area contributed by atoms with Crippen molar-refractivity contribution in [3.05, 3.63) is 75.4 Å². The number of thioether (sulfide) groups is 1. The van der Waals surface area contributed by atoms with Crippen LogP contribution in [0.4, 0.5) is 11.4 Å². The highest BCUT2D eigenvalue weighted by Crippen LogP contribution is 2.29. The van der Waals surface area contributed by atoms with Crippen LogP contribution in [0.15, 0.2) is 64.9 Å². The zero-order valence-corrected chi connectivity index (χ0v) is 18.5. The maximum Gasteiger partial charge on any atom is 0.265 e. The minimum atomic E-state index is -0.265. The summed E-state index contributed by atoms with van der Waals surface area (Å²) in [6.07, 6.45) is 0.669. The van der Waals surface area contributed by atoms with Crippen molar-refractivity contribution in [2.45, 2.75) is 30.4 Å². The molecule has 1 atom stereocenters. The number of carbonyl (C=O) groups excluding carboxylic acids is 2. The molecule has 7 heteroatoms. The zero-order valence-electron chi connectivity index (χ0n) is 16.1. The molecule has 0 saturated heterocycles. The Morgan fingerprint density at radius 3 is 2.55 bits per heavy atom. The molecule has 150 valence electrons.